The summed E-state index contributed by atoms with van der Waals surface area (Å²) in [4.78, 5) is 0. The Balaban J connectivity index is 1.73. The fourth-order valence-corrected chi connectivity index (χ4v) is 2.46. The minimum Gasteiger partial charge on any atom is -0.491 e. The van der Waals surface area contributed by atoms with Gasteiger partial charge in [-0.2, -0.15) is 0 Å². The van der Waals surface area contributed by atoms with E-state index in [-0.39, 0.29) is 0 Å². The number of hydrogen-bond acceptors (Lipinski definition) is 2. The van der Waals surface area contributed by atoms with Crippen molar-refractivity contribution >= 4 is 0 Å². The van der Waals surface area contributed by atoms with E-state index in [0.29, 0.717) is 25.1 Å². The van der Waals surface area contributed by atoms with Crippen LogP contribution in [0.1, 0.15) is 43.9 Å². The summed E-state index contributed by atoms with van der Waals surface area (Å²) < 4.78 is 5.67. The van der Waals surface area contributed by atoms with E-state index in [9.17, 15) is 5.11 Å². The lowest BCUT2D eigenvalue weighted by Gasteiger charge is -2.15. The molecular formula is C20H28NO2+. The minimum absolute atomic E-state index is 0.318. The molecule has 0 fully saturated rings. The van der Waals surface area contributed by atoms with Crippen molar-refractivity contribution in [3.8, 4) is 5.75 Å². The van der Waals surface area contributed by atoms with Gasteiger partial charge in [0.15, 0.2) is 0 Å². The lowest BCUT2D eigenvalue weighted by Crippen LogP contribution is -2.87. The predicted molar refractivity (Wildman–Crippen MR) is 93.7 cm³/mol. The van der Waals surface area contributed by atoms with Gasteiger partial charge < -0.3 is 15.2 Å². The van der Waals surface area contributed by atoms with E-state index >= 15 is 0 Å². The van der Waals surface area contributed by atoms with Crippen LogP contribution in [0.2, 0.25) is 0 Å². The van der Waals surface area contributed by atoms with Gasteiger partial charge in [-0.3, -0.25) is 0 Å². The summed E-state index contributed by atoms with van der Waals surface area (Å²) in [6.07, 6.45) is -0.481. The van der Waals surface area contributed by atoms with Gasteiger partial charge in [0, 0.05) is 5.56 Å². The molecule has 3 heteroatoms. The van der Waals surface area contributed by atoms with Crippen molar-refractivity contribution in [2.75, 3.05) is 13.2 Å². The van der Waals surface area contributed by atoms with E-state index in [1.165, 1.54) is 11.1 Å². The summed E-state index contributed by atoms with van der Waals surface area (Å²) in [7, 11) is 0. The Morgan fingerprint density at radius 1 is 0.913 bits per heavy atom. The topological polar surface area (TPSA) is 46.1 Å². The number of ether oxygens (including phenoxy) is 1. The van der Waals surface area contributed by atoms with Crippen LogP contribution in [0.5, 0.6) is 5.75 Å². The highest BCUT2D eigenvalue weighted by molar-refractivity contribution is 5.28. The van der Waals surface area contributed by atoms with Gasteiger partial charge in [-0.25, -0.2) is 0 Å². The second kappa shape index (κ2) is 8.70. The Morgan fingerprint density at radius 2 is 1.57 bits per heavy atom. The predicted octanol–water partition coefficient (Wildman–Crippen LogP) is 2.87. The SMILES string of the molecule is CC(C)c1ccc(OC[C@H](O)C[NH2+][C@H](C)c2ccccc2)cc1. The van der Waals surface area contributed by atoms with Crippen molar-refractivity contribution in [1.82, 2.24) is 0 Å². The Kier molecular flexibility index (Phi) is 6.63. The molecule has 0 radical (unpaired) electrons. The van der Waals surface area contributed by atoms with Crippen molar-refractivity contribution in [2.45, 2.75) is 38.8 Å². The molecule has 0 amide bonds. The number of nitrogens with two attached hydrogens (primary N) is 1. The van der Waals surface area contributed by atoms with Crippen LogP contribution in [0.25, 0.3) is 0 Å². The molecule has 0 saturated heterocycles. The lowest BCUT2D eigenvalue weighted by molar-refractivity contribution is -0.698. The quantitative estimate of drug-likeness (QED) is 0.787. The number of aliphatic hydroxyl groups is 1. The van der Waals surface area contributed by atoms with Gasteiger partial charge in [0.05, 0.1) is 0 Å². The molecule has 0 saturated carbocycles. The van der Waals surface area contributed by atoms with Gasteiger partial charge in [-0.15, -0.1) is 0 Å². The Labute approximate surface area is 139 Å². The highest BCUT2D eigenvalue weighted by Crippen LogP contribution is 2.18. The third-order valence-electron chi connectivity index (χ3n) is 4.08. The summed E-state index contributed by atoms with van der Waals surface area (Å²) in [6, 6.07) is 18.8. The average Bonchev–Trinajstić information content (AvgIpc) is 2.59. The van der Waals surface area contributed by atoms with E-state index in [4.69, 9.17) is 4.74 Å². The largest absolute Gasteiger partial charge is 0.491 e. The molecule has 0 aliphatic heterocycles. The van der Waals surface area contributed by atoms with Crippen molar-refractivity contribution in [2.24, 2.45) is 0 Å². The fraction of sp³-hybridized carbons (Fsp3) is 0.400. The standard InChI is InChI=1S/C20H27NO2/c1-15(2)17-9-11-20(12-10-17)23-14-19(22)13-21-16(3)18-7-5-4-6-8-18/h4-12,15-16,19,21-22H,13-14H2,1-3H3/p+1/t16-,19-/m1/s1. The molecule has 0 bridgehead atoms. The normalized spacial score (nSPS) is 13.8. The van der Waals surface area contributed by atoms with Crippen molar-refractivity contribution in [3.63, 3.8) is 0 Å². The van der Waals surface area contributed by atoms with Crippen molar-refractivity contribution in [1.29, 1.82) is 0 Å². The van der Waals surface area contributed by atoms with Gasteiger partial charge in [-0.05, 0) is 30.5 Å². The third-order valence-corrected chi connectivity index (χ3v) is 4.08. The molecule has 2 rings (SSSR count). The van der Waals surface area contributed by atoms with E-state index in [1.807, 2.05) is 30.3 Å². The van der Waals surface area contributed by atoms with Crippen LogP contribution >= 0.6 is 0 Å². The fourth-order valence-electron chi connectivity index (χ4n) is 2.46. The van der Waals surface area contributed by atoms with Gasteiger partial charge >= 0.3 is 0 Å². The zero-order valence-electron chi connectivity index (χ0n) is 14.3. The van der Waals surface area contributed by atoms with Gasteiger partial charge in [0.25, 0.3) is 0 Å². The highest BCUT2D eigenvalue weighted by atomic mass is 16.5. The minimum atomic E-state index is -0.481. The smallest absolute Gasteiger partial charge is 0.137 e. The Hall–Kier alpha value is -1.84. The van der Waals surface area contributed by atoms with Crippen LogP contribution in [-0.2, 0) is 0 Å². The molecule has 3 N–H and O–H groups in total. The van der Waals surface area contributed by atoms with E-state index < -0.39 is 6.10 Å². The number of quaternary nitrogens is 1. The van der Waals surface area contributed by atoms with Crippen LogP contribution in [0.3, 0.4) is 0 Å². The zero-order valence-corrected chi connectivity index (χ0v) is 14.3. The molecule has 0 aromatic heterocycles. The molecule has 0 aliphatic carbocycles. The summed E-state index contributed by atoms with van der Waals surface area (Å²) >= 11 is 0. The van der Waals surface area contributed by atoms with Crippen LogP contribution < -0.4 is 10.1 Å². The molecule has 23 heavy (non-hydrogen) atoms. The average molecular weight is 314 g/mol. The maximum atomic E-state index is 10.1. The van der Waals surface area contributed by atoms with Crippen LogP contribution in [0, 0.1) is 0 Å². The van der Waals surface area contributed by atoms with Crippen LogP contribution in [-0.4, -0.2) is 24.4 Å². The van der Waals surface area contributed by atoms with E-state index in [2.05, 4.69) is 50.4 Å². The molecule has 0 spiro atoms. The first-order valence-electron chi connectivity index (χ1n) is 8.35. The zero-order chi connectivity index (χ0) is 16.7. The number of hydrogen-bond donors (Lipinski definition) is 2. The highest BCUT2D eigenvalue weighted by Gasteiger charge is 2.12. The first-order chi connectivity index (χ1) is 11.1. The Bertz CT molecular complexity index is 566. The van der Waals surface area contributed by atoms with Crippen molar-refractivity contribution < 1.29 is 15.2 Å². The first kappa shape index (κ1) is 17.5. The van der Waals surface area contributed by atoms with E-state index in [1.54, 1.807) is 0 Å². The van der Waals surface area contributed by atoms with E-state index in [0.717, 1.165) is 5.75 Å². The van der Waals surface area contributed by atoms with Crippen molar-refractivity contribution in [3.05, 3.63) is 65.7 Å². The molecule has 0 unspecified atom stereocenters. The second-order valence-corrected chi connectivity index (χ2v) is 6.36. The molecule has 2 atom stereocenters. The molecule has 124 valence electrons. The summed E-state index contributed by atoms with van der Waals surface area (Å²) in [5.74, 6) is 1.33. The van der Waals surface area contributed by atoms with Gasteiger partial charge in [0.2, 0.25) is 0 Å². The van der Waals surface area contributed by atoms with Crippen LogP contribution in [0.15, 0.2) is 54.6 Å². The van der Waals surface area contributed by atoms with Crippen LogP contribution in [0.4, 0.5) is 0 Å². The molecule has 2 aromatic carbocycles. The van der Waals surface area contributed by atoms with Gasteiger partial charge in [-0.1, -0.05) is 56.3 Å². The lowest BCUT2D eigenvalue weighted by atomic mass is 10.0. The summed E-state index contributed by atoms with van der Waals surface area (Å²) in [5.41, 5.74) is 2.56. The second-order valence-electron chi connectivity index (χ2n) is 6.36. The maximum absolute atomic E-state index is 10.1. The first-order valence-corrected chi connectivity index (χ1v) is 8.35. The third kappa shape index (κ3) is 5.70. The molecule has 0 heterocycles. The number of rotatable bonds is 8. The molecular weight excluding hydrogens is 286 g/mol. The molecule has 2 aromatic rings. The van der Waals surface area contributed by atoms with Gasteiger partial charge in [0.1, 0.15) is 31.0 Å². The summed E-state index contributed by atoms with van der Waals surface area (Å²) in [6.45, 7) is 7.43. The monoisotopic (exact) mass is 314 g/mol. The number of benzene rings is 2. The summed E-state index contributed by atoms with van der Waals surface area (Å²) in [5, 5.41) is 12.2. The Morgan fingerprint density at radius 3 is 2.17 bits per heavy atom. The molecule has 0 aliphatic rings. The number of aliphatic hydroxyl groups excluding tert-OH is 1. The molecule has 3 nitrogen and oxygen atoms in total. The maximum Gasteiger partial charge on any atom is 0.137 e.